The number of carboxylic acid groups (broad SMARTS) is 1. The van der Waals surface area contributed by atoms with Gasteiger partial charge < -0.3 is 20.1 Å². The van der Waals surface area contributed by atoms with Crippen LogP contribution in [0, 0.1) is 11.8 Å². The fourth-order valence-electron chi connectivity index (χ4n) is 5.17. The number of ether oxygens (including phenoxy) is 1. The van der Waals surface area contributed by atoms with Crippen molar-refractivity contribution in [3.05, 3.63) is 71.8 Å². The van der Waals surface area contributed by atoms with E-state index in [2.05, 4.69) is 29.6 Å². The maximum absolute atomic E-state index is 12.5. The lowest BCUT2D eigenvalue weighted by molar-refractivity contribution is -0.138. The Kier molecular flexibility index (Phi) is 7.85. The van der Waals surface area contributed by atoms with E-state index >= 15 is 0 Å². The van der Waals surface area contributed by atoms with Gasteiger partial charge in [0.05, 0.1) is 0 Å². The van der Waals surface area contributed by atoms with Crippen LogP contribution in [0.2, 0.25) is 0 Å². The summed E-state index contributed by atoms with van der Waals surface area (Å²) in [4.78, 5) is 37.6. The monoisotopic (exact) mass is 476 g/mol. The minimum Gasteiger partial charge on any atom is -0.481 e. The largest absolute Gasteiger partial charge is 0.481 e. The number of nitrogens with one attached hydrogen (secondary N) is 1. The Bertz CT molecular complexity index is 1070. The summed E-state index contributed by atoms with van der Waals surface area (Å²) < 4.78 is 5.51. The number of carbonyl (C=O) groups excluding carboxylic acids is 2. The first-order chi connectivity index (χ1) is 16.9. The van der Waals surface area contributed by atoms with Crippen LogP contribution in [0.15, 0.2) is 60.7 Å². The smallest absolute Gasteiger partial charge is 0.407 e. The number of alkyl carbamates (subject to hydrolysis) is 1. The molecule has 2 aromatic rings. The van der Waals surface area contributed by atoms with E-state index in [0.29, 0.717) is 13.1 Å². The second-order valence-electron chi connectivity index (χ2n) is 9.37. The van der Waals surface area contributed by atoms with Crippen LogP contribution in [0.1, 0.15) is 43.2 Å². The van der Waals surface area contributed by atoms with Gasteiger partial charge in [0.15, 0.2) is 0 Å². The van der Waals surface area contributed by atoms with Gasteiger partial charge in [0.25, 0.3) is 0 Å². The highest BCUT2D eigenvalue weighted by atomic mass is 16.5. The van der Waals surface area contributed by atoms with E-state index in [1.807, 2.05) is 31.2 Å². The number of carboxylic acids is 1. The number of nitrogens with zero attached hydrogens (tertiary/aromatic N) is 1. The van der Waals surface area contributed by atoms with Crippen molar-refractivity contribution >= 4 is 18.0 Å². The lowest BCUT2D eigenvalue weighted by Crippen LogP contribution is -2.41. The molecule has 2 unspecified atom stereocenters. The van der Waals surface area contributed by atoms with Crippen LogP contribution in [0.3, 0.4) is 0 Å². The Balaban J connectivity index is 1.23. The highest BCUT2D eigenvalue weighted by Gasteiger charge is 2.29. The molecule has 2 aliphatic rings. The summed E-state index contributed by atoms with van der Waals surface area (Å²) in [5.74, 6) is -0.703. The minimum absolute atomic E-state index is 0.000774. The molecule has 184 valence electrons. The molecule has 7 heteroatoms. The number of amides is 2. The molecule has 1 heterocycles. The summed E-state index contributed by atoms with van der Waals surface area (Å²) in [6, 6.07) is 16.3. The molecular weight excluding hydrogens is 444 g/mol. The number of rotatable bonds is 8. The number of benzene rings is 2. The van der Waals surface area contributed by atoms with Crippen molar-refractivity contribution in [1.29, 1.82) is 0 Å². The third kappa shape index (κ3) is 5.91. The average molecular weight is 477 g/mol. The van der Waals surface area contributed by atoms with Crippen molar-refractivity contribution in [2.24, 2.45) is 11.8 Å². The Morgan fingerprint density at radius 3 is 2.43 bits per heavy atom. The van der Waals surface area contributed by atoms with E-state index in [-0.39, 0.29) is 43.2 Å². The second kappa shape index (κ2) is 11.2. The normalized spacial score (nSPS) is 18.1. The zero-order valence-corrected chi connectivity index (χ0v) is 20.0. The Labute approximate surface area is 205 Å². The van der Waals surface area contributed by atoms with Crippen molar-refractivity contribution in [2.45, 2.75) is 32.1 Å². The fourth-order valence-corrected chi connectivity index (χ4v) is 5.17. The molecule has 1 aliphatic carbocycles. The molecule has 4 rings (SSSR count). The average Bonchev–Trinajstić information content (AvgIpc) is 3.18. The highest BCUT2D eigenvalue weighted by molar-refractivity contribution is 5.87. The summed E-state index contributed by atoms with van der Waals surface area (Å²) >= 11 is 0. The van der Waals surface area contributed by atoms with E-state index in [1.54, 1.807) is 11.0 Å². The topological polar surface area (TPSA) is 95.9 Å². The first-order valence-corrected chi connectivity index (χ1v) is 12.2. The summed E-state index contributed by atoms with van der Waals surface area (Å²) in [6.07, 6.45) is 4.48. The minimum atomic E-state index is -0.805. The SMILES string of the molecule is CC(CC(=O)O)C1CCCN(C(=O)/C=C/CNC(=O)OCC2c3ccccc3-c3ccccc32)C1. The lowest BCUT2D eigenvalue weighted by atomic mass is 9.84. The lowest BCUT2D eigenvalue weighted by Gasteiger charge is -2.35. The Hall–Kier alpha value is -3.61. The zero-order valence-electron chi connectivity index (χ0n) is 20.0. The molecule has 1 saturated heterocycles. The predicted molar refractivity (Wildman–Crippen MR) is 133 cm³/mol. The first kappa shape index (κ1) is 24.5. The van der Waals surface area contributed by atoms with Crippen LogP contribution < -0.4 is 5.32 Å². The van der Waals surface area contributed by atoms with Gasteiger partial charge in [-0.2, -0.15) is 0 Å². The van der Waals surface area contributed by atoms with E-state index in [4.69, 9.17) is 9.84 Å². The summed E-state index contributed by atoms with van der Waals surface area (Å²) in [5.41, 5.74) is 4.67. The van der Waals surface area contributed by atoms with Gasteiger partial charge in [-0.3, -0.25) is 9.59 Å². The van der Waals surface area contributed by atoms with Gasteiger partial charge >= 0.3 is 12.1 Å². The molecule has 2 N–H and O–H groups in total. The number of hydrogen-bond donors (Lipinski definition) is 2. The maximum atomic E-state index is 12.5. The molecule has 0 bridgehead atoms. The first-order valence-electron chi connectivity index (χ1n) is 12.2. The molecule has 1 fully saturated rings. The molecule has 2 atom stereocenters. The van der Waals surface area contributed by atoms with E-state index in [0.717, 1.165) is 24.0 Å². The summed E-state index contributed by atoms with van der Waals surface area (Å²) in [7, 11) is 0. The molecular formula is C28H32N2O5. The van der Waals surface area contributed by atoms with E-state index in [9.17, 15) is 14.4 Å². The number of likely N-dealkylation sites (tertiary alicyclic amines) is 1. The van der Waals surface area contributed by atoms with Gasteiger partial charge in [-0.05, 0) is 46.9 Å². The van der Waals surface area contributed by atoms with Gasteiger partial charge in [-0.15, -0.1) is 0 Å². The zero-order chi connectivity index (χ0) is 24.8. The molecule has 0 radical (unpaired) electrons. The molecule has 2 aromatic carbocycles. The number of carbonyl (C=O) groups is 3. The third-order valence-corrected chi connectivity index (χ3v) is 7.04. The Morgan fingerprint density at radius 2 is 1.77 bits per heavy atom. The molecule has 2 amide bonds. The quantitative estimate of drug-likeness (QED) is 0.550. The summed E-state index contributed by atoms with van der Waals surface area (Å²) in [6.45, 7) is 3.60. The van der Waals surface area contributed by atoms with E-state index < -0.39 is 12.1 Å². The van der Waals surface area contributed by atoms with Crippen molar-refractivity contribution in [3.8, 4) is 11.1 Å². The number of fused-ring (bicyclic) bond motifs is 3. The van der Waals surface area contributed by atoms with Crippen LogP contribution in [0.5, 0.6) is 0 Å². The van der Waals surface area contributed by atoms with Gasteiger partial charge in [-0.25, -0.2) is 4.79 Å². The second-order valence-corrected chi connectivity index (χ2v) is 9.37. The standard InChI is InChI=1S/C28H32N2O5/c1-19(16-27(32)33)20-8-7-15-30(17-20)26(31)13-6-14-29-28(34)35-18-25-23-11-4-2-9-21(23)22-10-3-5-12-24(22)25/h2-6,9-13,19-20,25H,7-8,14-18H2,1H3,(H,29,34)(H,32,33)/b13-6+. The van der Waals surface area contributed by atoms with Gasteiger partial charge in [0, 0.05) is 38.0 Å². The Morgan fingerprint density at radius 1 is 1.11 bits per heavy atom. The summed E-state index contributed by atoms with van der Waals surface area (Å²) in [5, 5.41) is 11.7. The highest BCUT2D eigenvalue weighted by Crippen LogP contribution is 2.44. The molecule has 35 heavy (non-hydrogen) atoms. The van der Waals surface area contributed by atoms with Crippen LogP contribution in [-0.4, -0.2) is 54.2 Å². The predicted octanol–water partition coefficient (Wildman–Crippen LogP) is 4.43. The van der Waals surface area contributed by atoms with Crippen LogP contribution in [-0.2, 0) is 14.3 Å². The van der Waals surface area contributed by atoms with Crippen molar-refractivity contribution < 1.29 is 24.2 Å². The maximum Gasteiger partial charge on any atom is 0.407 e. The van der Waals surface area contributed by atoms with Gasteiger partial charge in [-0.1, -0.05) is 61.5 Å². The molecule has 7 nitrogen and oxygen atoms in total. The van der Waals surface area contributed by atoms with Crippen LogP contribution in [0.25, 0.3) is 11.1 Å². The van der Waals surface area contributed by atoms with E-state index in [1.165, 1.54) is 17.2 Å². The number of piperidine rings is 1. The molecule has 1 aliphatic heterocycles. The fraction of sp³-hybridized carbons (Fsp3) is 0.393. The van der Waals surface area contributed by atoms with Crippen molar-refractivity contribution in [2.75, 3.05) is 26.2 Å². The molecule has 0 saturated carbocycles. The third-order valence-electron chi connectivity index (χ3n) is 7.04. The van der Waals surface area contributed by atoms with Gasteiger partial charge in [0.1, 0.15) is 6.61 Å². The van der Waals surface area contributed by atoms with Crippen molar-refractivity contribution in [1.82, 2.24) is 10.2 Å². The van der Waals surface area contributed by atoms with Crippen LogP contribution >= 0.6 is 0 Å². The molecule has 0 aromatic heterocycles. The van der Waals surface area contributed by atoms with Crippen molar-refractivity contribution in [3.63, 3.8) is 0 Å². The number of aliphatic carboxylic acids is 1. The number of hydrogen-bond acceptors (Lipinski definition) is 4. The van der Waals surface area contributed by atoms with Gasteiger partial charge in [0.2, 0.25) is 5.91 Å². The van der Waals surface area contributed by atoms with Crippen LogP contribution in [0.4, 0.5) is 4.79 Å². The molecule has 0 spiro atoms.